The normalized spacial score (nSPS) is 22.6. The summed E-state index contributed by atoms with van der Waals surface area (Å²) in [5.74, 6) is 0.00932. The lowest BCUT2D eigenvalue weighted by molar-refractivity contribution is -0.139. The molecule has 29 heavy (non-hydrogen) atoms. The van der Waals surface area contributed by atoms with E-state index in [1.807, 2.05) is 56.0 Å². The van der Waals surface area contributed by atoms with E-state index in [0.29, 0.717) is 26.3 Å². The van der Waals surface area contributed by atoms with E-state index in [4.69, 9.17) is 9.47 Å². The van der Waals surface area contributed by atoms with Crippen LogP contribution in [-0.2, 0) is 20.9 Å². The Morgan fingerprint density at radius 3 is 2.52 bits per heavy atom. The molecule has 0 spiro atoms. The second-order valence-electron chi connectivity index (χ2n) is 9.09. The van der Waals surface area contributed by atoms with E-state index in [1.165, 1.54) is 0 Å². The number of benzene rings is 1. The van der Waals surface area contributed by atoms with E-state index in [2.05, 4.69) is 0 Å². The largest absolute Gasteiger partial charge is 0.444 e. The fraction of sp³-hybridized carbons (Fsp3) is 0.652. The first-order valence-corrected chi connectivity index (χ1v) is 10.7. The van der Waals surface area contributed by atoms with Crippen molar-refractivity contribution in [3.8, 4) is 0 Å². The molecule has 2 fully saturated rings. The van der Waals surface area contributed by atoms with Gasteiger partial charge in [-0.2, -0.15) is 0 Å². The monoisotopic (exact) mass is 402 g/mol. The Balaban J connectivity index is 1.52. The van der Waals surface area contributed by atoms with Crippen molar-refractivity contribution in [3.63, 3.8) is 0 Å². The van der Waals surface area contributed by atoms with E-state index in [9.17, 15) is 9.59 Å². The number of carbonyl (C=O) groups excluding carboxylic acids is 2. The SMILES string of the molecule is CC(C)(C)OC(=O)N1CCC[C@H](C(=O)N2CCCC2COCc2ccccc2)C1. The number of ether oxygens (including phenoxy) is 2. The highest BCUT2D eigenvalue weighted by atomic mass is 16.6. The van der Waals surface area contributed by atoms with Gasteiger partial charge in [0.1, 0.15) is 5.60 Å². The van der Waals surface area contributed by atoms with Crippen LogP contribution in [0.15, 0.2) is 30.3 Å². The third-order valence-corrected chi connectivity index (χ3v) is 5.50. The zero-order valence-corrected chi connectivity index (χ0v) is 17.9. The van der Waals surface area contributed by atoms with E-state index < -0.39 is 5.60 Å². The summed E-state index contributed by atoms with van der Waals surface area (Å²) >= 11 is 0. The molecule has 0 aromatic heterocycles. The Morgan fingerprint density at radius 2 is 1.79 bits per heavy atom. The van der Waals surface area contributed by atoms with E-state index in [0.717, 1.165) is 37.8 Å². The summed E-state index contributed by atoms with van der Waals surface area (Å²) in [5, 5.41) is 0. The molecule has 1 unspecified atom stereocenters. The maximum Gasteiger partial charge on any atom is 0.410 e. The van der Waals surface area contributed by atoms with Gasteiger partial charge in [0.25, 0.3) is 0 Å². The zero-order chi connectivity index (χ0) is 20.9. The molecule has 1 aromatic carbocycles. The van der Waals surface area contributed by atoms with Crippen molar-refractivity contribution in [3.05, 3.63) is 35.9 Å². The lowest BCUT2D eigenvalue weighted by atomic mass is 9.96. The van der Waals surface area contributed by atoms with Gasteiger partial charge in [0.15, 0.2) is 0 Å². The van der Waals surface area contributed by atoms with Gasteiger partial charge in [-0.05, 0) is 52.0 Å². The van der Waals surface area contributed by atoms with Crippen LogP contribution in [-0.4, -0.2) is 59.7 Å². The Kier molecular flexibility index (Phi) is 7.17. The molecule has 160 valence electrons. The fourth-order valence-corrected chi connectivity index (χ4v) is 4.09. The standard InChI is InChI=1S/C23H34N2O4/c1-23(2,3)29-22(27)24-13-7-11-19(15-24)21(26)25-14-8-12-20(25)17-28-16-18-9-5-4-6-10-18/h4-6,9-10,19-20H,7-8,11-17H2,1-3H3/t19-,20?/m0/s1. The third kappa shape index (κ3) is 6.20. The second kappa shape index (κ2) is 9.61. The minimum atomic E-state index is -0.524. The Morgan fingerprint density at radius 1 is 1.07 bits per heavy atom. The molecule has 0 radical (unpaired) electrons. The van der Waals surface area contributed by atoms with Crippen LogP contribution in [0.5, 0.6) is 0 Å². The molecule has 3 rings (SSSR count). The Labute approximate surface area is 174 Å². The zero-order valence-electron chi connectivity index (χ0n) is 17.9. The first kappa shape index (κ1) is 21.6. The Bertz CT molecular complexity index is 686. The van der Waals surface area contributed by atoms with Gasteiger partial charge in [0.2, 0.25) is 5.91 Å². The van der Waals surface area contributed by atoms with Crippen molar-refractivity contribution >= 4 is 12.0 Å². The van der Waals surface area contributed by atoms with Crippen LogP contribution in [0.25, 0.3) is 0 Å². The Hall–Kier alpha value is -2.08. The molecule has 0 saturated carbocycles. The van der Waals surface area contributed by atoms with Crippen molar-refractivity contribution < 1.29 is 19.1 Å². The summed E-state index contributed by atoms with van der Waals surface area (Å²) in [5.41, 5.74) is 0.619. The first-order chi connectivity index (χ1) is 13.8. The van der Waals surface area contributed by atoms with Crippen LogP contribution in [0.4, 0.5) is 4.79 Å². The molecule has 6 nitrogen and oxygen atoms in total. The molecule has 2 heterocycles. The number of amides is 2. The number of nitrogens with zero attached hydrogens (tertiary/aromatic N) is 2. The quantitative estimate of drug-likeness (QED) is 0.751. The maximum absolute atomic E-state index is 13.2. The molecular weight excluding hydrogens is 368 g/mol. The van der Waals surface area contributed by atoms with Crippen LogP contribution in [0, 0.1) is 5.92 Å². The summed E-state index contributed by atoms with van der Waals surface area (Å²) in [6.07, 6.45) is 3.32. The molecule has 0 aliphatic carbocycles. The lowest BCUT2D eigenvalue weighted by Crippen LogP contribution is -2.49. The highest BCUT2D eigenvalue weighted by Gasteiger charge is 2.37. The van der Waals surface area contributed by atoms with Crippen molar-refractivity contribution in [1.82, 2.24) is 9.80 Å². The number of likely N-dealkylation sites (tertiary alicyclic amines) is 2. The van der Waals surface area contributed by atoms with Crippen LogP contribution in [0.1, 0.15) is 52.0 Å². The summed E-state index contributed by atoms with van der Waals surface area (Å²) < 4.78 is 11.4. The van der Waals surface area contributed by atoms with Crippen LogP contribution in [0.3, 0.4) is 0 Å². The minimum Gasteiger partial charge on any atom is -0.444 e. The predicted molar refractivity (Wildman–Crippen MR) is 111 cm³/mol. The molecule has 2 saturated heterocycles. The number of piperidine rings is 1. The molecular formula is C23H34N2O4. The van der Waals surface area contributed by atoms with Gasteiger partial charge in [-0.25, -0.2) is 4.79 Å². The minimum absolute atomic E-state index is 0.128. The first-order valence-electron chi connectivity index (χ1n) is 10.7. The van der Waals surface area contributed by atoms with Crippen molar-refractivity contribution in [2.24, 2.45) is 5.92 Å². The smallest absolute Gasteiger partial charge is 0.410 e. The molecule has 6 heteroatoms. The third-order valence-electron chi connectivity index (χ3n) is 5.50. The molecule has 2 amide bonds. The molecule has 2 aliphatic rings. The van der Waals surface area contributed by atoms with Gasteiger partial charge < -0.3 is 19.3 Å². The summed E-state index contributed by atoms with van der Waals surface area (Å²) in [6.45, 7) is 8.59. The van der Waals surface area contributed by atoms with E-state index in [1.54, 1.807) is 4.90 Å². The van der Waals surface area contributed by atoms with Crippen molar-refractivity contribution in [1.29, 1.82) is 0 Å². The highest BCUT2D eigenvalue weighted by molar-refractivity contribution is 5.80. The van der Waals surface area contributed by atoms with E-state index >= 15 is 0 Å². The van der Waals surface area contributed by atoms with Gasteiger partial charge >= 0.3 is 6.09 Å². The second-order valence-corrected chi connectivity index (χ2v) is 9.09. The summed E-state index contributed by atoms with van der Waals surface area (Å²) in [7, 11) is 0. The summed E-state index contributed by atoms with van der Waals surface area (Å²) in [4.78, 5) is 29.3. The van der Waals surface area contributed by atoms with Gasteiger partial charge in [-0.15, -0.1) is 0 Å². The fourth-order valence-electron chi connectivity index (χ4n) is 4.09. The molecule has 2 atom stereocenters. The highest BCUT2D eigenvalue weighted by Crippen LogP contribution is 2.26. The average molecular weight is 403 g/mol. The molecule has 2 aliphatic heterocycles. The van der Waals surface area contributed by atoms with Gasteiger partial charge in [0.05, 0.1) is 25.2 Å². The van der Waals surface area contributed by atoms with Gasteiger partial charge in [-0.3, -0.25) is 4.79 Å². The lowest BCUT2D eigenvalue weighted by Gasteiger charge is -2.36. The van der Waals surface area contributed by atoms with Crippen LogP contribution < -0.4 is 0 Å². The molecule has 1 aromatic rings. The van der Waals surface area contributed by atoms with E-state index in [-0.39, 0.29) is 24.0 Å². The van der Waals surface area contributed by atoms with Crippen LogP contribution >= 0.6 is 0 Å². The number of rotatable bonds is 5. The average Bonchev–Trinajstić information content (AvgIpc) is 3.15. The van der Waals surface area contributed by atoms with Crippen molar-refractivity contribution in [2.75, 3.05) is 26.2 Å². The molecule has 0 N–H and O–H groups in total. The number of hydrogen-bond donors (Lipinski definition) is 0. The van der Waals surface area contributed by atoms with Gasteiger partial charge in [0, 0.05) is 19.6 Å². The predicted octanol–water partition coefficient (Wildman–Crippen LogP) is 3.84. The van der Waals surface area contributed by atoms with Crippen LogP contribution in [0.2, 0.25) is 0 Å². The van der Waals surface area contributed by atoms with Crippen molar-refractivity contribution in [2.45, 2.75) is 64.7 Å². The number of hydrogen-bond acceptors (Lipinski definition) is 4. The maximum atomic E-state index is 13.2. The van der Waals surface area contributed by atoms with Gasteiger partial charge in [-0.1, -0.05) is 30.3 Å². The summed E-state index contributed by atoms with van der Waals surface area (Å²) in [6, 6.07) is 10.2. The topological polar surface area (TPSA) is 59.1 Å². The number of carbonyl (C=O) groups is 2. The molecule has 0 bridgehead atoms.